The average Bonchev–Trinajstić information content (AvgIpc) is 2.45. The molecule has 0 radical (unpaired) electrons. The second-order valence-electron chi connectivity index (χ2n) is 6.24. The fourth-order valence-corrected chi connectivity index (χ4v) is 2.89. The van der Waals surface area contributed by atoms with E-state index in [0.29, 0.717) is 23.4 Å². The maximum atomic E-state index is 11.5. The maximum Gasteiger partial charge on any atom is 0.254 e. The molecule has 0 bridgehead atoms. The highest BCUT2D eigenvalue weighted by Crippen LogP contribution is 2.25. The van der Waals surface area contributed by atoms with Gasteiger partial charge in [-0.25, -0.2) is 4.98 Å². The third kappa shape index (κ3) is 3.47. The van der Waals surface area contributed by atoms with Crippen LogP contribution in [0, 0.1) is 0 Å². The van der Waals surface area contributed by atoms with Crippen molar-refractivity contribution in [3.63, 3.8) is 0 Å². The molecule has 2 aliphatic rings. The van der Waals surface area contributed by atoms with Gasteiger partial charge in [-0.2, -0.15) is 4.98 Å². The number of carbonyl (C=O) groups excluding carboxylic acids is 1. The number of hydrogen-bond donors (Lipinski definition) is 4. The Balaban J connectivity index is 1.71. The van der Waals surface area contributed by atoms with Gasteiger partial charge in [0.05, 0.1) is 11.7 Å². The van der Waals surface area contributed by atoms with E-state index in [0.717, 1.165) is 38.5 Å². The zero-order chi connectivity index (χ0) is 15.5. The van der Waals surface area contributed by atoms with E-state index in [1.807, 2.05) is 0 Å². The van der Waals surface area contributed by atoms with Crippen LogP contribution >= 0.6 is 0 Å². The first kappa shape index (κ1) is 15.0. The molecular formula is C15H23N5O2. The fourth-order valence-electron chi connectivity index (χ4n) is 2.89. The molecule has 0 unspecified atom stereocenters. The van der Waals surface area contributed by atoms with Gasteiger partial charge in [-0.15, -0.1) is 0 Å². The Morgan fingerprint density at radius 2 is 1.82 bits per heavy atom. The molecule has 3 rings (SSSR count). The zero-order valence-corrected chi connectivity index (χ0v) is 12.6. The van der Waals surface area contributed by atoms with Crippen molar-refractivity contribution in [2.75, 3.05) is 10.6 Å². The van der Waals surface area contributed by atoms with Crippen molar-refractivity contribution in [2.45, 2.75) is 63.1 Å². The van der Waals surface area contributed by atoms with Crippen LogP contribution in [0.1, 0.15) is 55.3 Å². The SMILES string of the molecule is NC(=O)c1cnc(N[C@H]2CC[C@H](O)CC2)nc1NC1CCC1. The average molecular weight is 305 g/mol. The van der Waals surface area contributed by atoms with Crippen LogP contribution in [0.2, 0.25) is 0 Å². The van der Waals surface area contributed by atoms with Crippen LogP contribution in [0.5, 0.6) is 0 Å². The van der Waals surface area contributed by atoms with Gasteiger partial charge in [0.1, 0.15) is 5.82 Å². The highest BCUT2D eigenvalue weighted by atomic mass is 16.3. The van der Waals surface area contributed by atoms with E-state index in [-0.39, 0.29) is 12.1 Å². The number of hydrogen-bond acceptors (Lipinski definition) is 6. The first-order valence-corrected chi connectivity index (χ1v) is 8.00. The summed E-state index contributed by atoms with van der Waals surface area (Å²) in [6.45, 7) is 0. The van der Waals surface area contributed by atoms with E-state index in [2.05, 4.69) is 20.6 Å². The van der Waals surface area contributed by atoms with Gasteiger partial charge in [-0.05, 0) is 44.9 Å². The minimum absolute atomic E-state index is 0.188. The number of anilines is 2. The van der Waals surface area contributed by atoms with Crippen LogP contribution in [-0.2, 0) is 0 Å². The molecule has 0 spiro atoms. The van der Waals surface area contributed by atoms with Crippen LogP contribution in [0.4, 0.5) is 11.8 Å². The molecule has 1 heterocycles. The third-order valence-corrected chi connectivity index (χ3v) is 4.53. The molecule has 1 aromatic heterocycles. The summed E-state index contributed by atoms with van der Waals surface area (Å²) in [5, 5.41) is 16.1. The summed E-state index contributed by atoms with van der Waals surface area (Å²) in [5.41, 5.74) is 5.72. The molecule has 0 aromatic carbocycles. The Bertz CT molecular complexity index is 539. The third-order valence-electron chi connectivity index (χ3n) is 4.53. The first-order chi connectivity index (χ1) is 10.6. The quantitative estimate of drug-likeness (QED) is 0.651. The number of primary amides is 1. The molecule has 7 heteroatoms. The van der Waals surface area contributed by atoms with Crippen molar-refractivity contribution in [3.05, 3.63) is 11.8 Å². The second-order valence-corrected chi connectivity index (χ2v) is 6.24. The molecule has 2 saturated carbocycles. The van der Waals surface area contributed by atoms with E-state index < -0.39 is 5.91 Å². The predicted octanol–water partition coefficient (Wildman–Crippen LogP) is 1.26. The molecule has 7 nitrogen and oxygen atoms in total. The molecule has 5 N–H and O–H groups in total. The molecular weight excluding hydrogens is 282 g/mol. The molecule has 2 aliphatic carbocycles. The summed E-state index contributed by atoms with van der Waals surface area (Å²) in [7, 11) is 0. The van der Waals surface area contributed by atoms with Gasteiger partial charge in [-0.1, -0.05) is 0 Å². The highest BCUT2D eigenvalue weighted by molar-refractivity contribution is 5.97. The number of aliphatic hydroxyl groups excluding tert-OH is 1. The van der Waals surface area contributed by atoms with E-state index in [1.165, 1.54) is 12.6 Å². The summed E-state index contributed by atoms with van der Waals surface area (Å²) in [4.78, 5) is 20.1. The summed E-state index contributed by atoms with van der Waals surface area (Å²) in [6, 6.07) is 0.630. The molecule has 0 aliphatic heterocycles. The van der Waals surface area contributed by atoms with Crippen molar-refractivity contribution in [1.29, 1.82) is 0 Å². The van der Waals surface area contributed by atoms with E-state index in [9.17, 15) is 9.90 Å². The number of nitrogens with one attached hydrogen (secondary N) is 2. The lowest BCUT2D eigenvalue weighted by molar-refractivity contribution is 0.1000. The van der Waals surface area contributed by atoms with E-state index in [1.54, 1.807) is 0 Å². The van der Waals surface area contributed by atoms with Crippen molar-refractivity contribution >= 4 is 17.7 Å². The predicted molar refractivity (Wildman–Crippen MR) is 83.7 cm³/mol. The molecule has 1 amide bonds. The Morgan fingerprint density at radius 3 is 2.41 bits per heavy atom. The fraction of sp³-hybridized carbons (Fsp3) is 0.667. The number of carbonyl (C=O) groups is 1. The topological polar surface area (TPSA) is 113 Å². The van der Waals surface area contributed by atoms with Crippen LogP contribution in [0.15, 0.2) is 6.20 Å². The smallest absolute Gasteiger partial charge is 0.254 e. The normalized spacial score (nSPS) is 25.3. The minimum Gasteiger partial charge on any atom is -0.393 e. The summed E-state index contributed by atoms with van der Waals surface area (Å²) in [5.74, 6) is 0.507. The number of aromatic nitrogens is 2. The molecule has 2 fully saturated rings. The van der Waals surface area contributed by atoms with Gasteiger partial charge >= 0.3 is 0 Å². The van der Waals surface area contributed by atoms with Crippen LogP contribution in [0.3, 0.4) is 0 Å². The Labute approximate surface area is 129 Å². The van der Waals surface area contributed by atoms with Crippen LogP contribution < -0.4 is 16.4 Å². The molecule has 0 atom stereocenters. The largest absolute Gasteiger partial charge is 0.393 e. The lowest BCUT2D eigenvalue weighted by atomic mass is 9.93. The van der Waals surface area contributed by atoms with Crippen molar-refractivity contribution in [3.8, 4) is 0 Å². The van der Waals surface area contributed by atoms with Gasteiger partial charge in [0, 0.05) is 18.3 Å². The van der Waals surface area contributed by atoms with Crippen molar-refractivity contribution in [1.82, 2.24) is 9.97 Å². The standard InChI is InChI=1S/C15H23N5O2/c16-13(22)12-8-17-15(19-10-4-6-11(21)7-5-10)20-14(12)18-9-2-1-3-9/h8-11,21H,1-7H2,(H2,16,22)(H2,17,18,19,20)/t10-,11-. The van der Waals surface area contributed by atoms with Gasteiger partial charge in [0.2, 0.25) is 5.95 Å². The van der Waals surface area contributed by atoms with Gasteiger partial charge < -0.3 is 21.5 Å². The van der Waals surface area contributed by atoms with Crippen molar-refractivity contribution < 1.29 is 9.90 Å². The Kier molecular flexibility index (Phi) is 4.42. The van der Waals surface area contributed by atoms with Crippen LogP contribution in [-0.4, -0.2) is 39.2 Å². The number of rotatable bonds is 5. The monoisotopic (exact) mass is 305 g/mol. The highest BCUT2D eigenvalue weighted by Gasteiger charge is 2.23. The molecule has 1 aromatic rings. The summed E-state index contributed by atoms with van der Waals surface area (Å²) < 4.78 is 0. The zero-order valence-electron chi connectivity index (χ0n) is 12.6. The van der Waals surface area contributed by atoms with Crippen molar-refractivity contribution in [2.24, 2.45) is 5.73 Å². The van der Waals surface area contributed by atoms with Gasteiger partial charge in [0.25, 0.3) is 5.91 Å². The first-order valence-electron chi connectivity index (χ1n) is 8.00. The van der Waals surface area contributed by atoms with Gasteiger partial charge in [0.15, 0.2) is 0 Å². The van der Waals surface area contributed by atoms with E-state index >= 15 is 0 Å². The summed E-state index contributed by atoms with van der Waals surface area (Å²) in [6.07, 6.45) is 8.06. The Hall–Kier alpha value is -1.89. The van der Waals surface area contributed by atoms with E-state index in [4.69, 9.17) is 5.73 Å². The molecule has 120 valence electrons. The summed E-state index contributed by atoms with van der Waals surface area (Å²) >= 11 is 0. The second kappa shape index (κ2) is 6.48. The number of nitrogens with zero attached hydrogens (tertiary/aromatic N) is 2. The lowest BCUT2D eigenvalue weighted by Gasteiger charge is -2.28. The number of amides is 1. The lowest BCUT2D eigenvalue weighted by Crippen LogP contribution is -2.31. The molecule has 22 heavy (non-hydrogen) atoms. The number of nitrogens with two attached hydrogens (primary N) is 1. The van der Waals surface area contributed by atoms with Gasteiger partial charge in [-0.3, -0.25) is 4.79 Å². The Morgan fingerprint density at radius 1 is 1.14 bits per heavy atom. The maximum absolute atomic E-state index is 11.5. The number of aliphatic hydroxyl groups is 1. The van der Waals surface area contributed by atoms with Crippen LogP contribution in [0.25, 0.3) is 0 Å². The molecule has 0 saturated heterocycles. The minimum atomic E-state index is -0.519.